The number of nitrogens with zero attached hydrogens (tertiary/aromatic N) is 3. The summed E-state index contributed by atoms with van der Waals surface area (Å²) in [6, 6.07) is -0.549. The van der Waals surface area contributed by atoms with Gasteiger partial charge >= 0.3 is 5.97 Å². The second-order valence-electron chi connectivity index (χ2n) is 6.41. The minimum atomic E-state index is -0.625. The number of β-lactam (4-membered cyclic amide) rings is 1. The Bertz CT molecular complexity index is 684. The van der Waals surface area contributed by atoms with Crippen LogP contribution in [0.4, 0.5) is 0 Å². The average molecular weight is 387 g/mol. The van der Waals surface area contributed by atoms with Crippen molar-refractivity contribution in [1.82, 2.24) is 14.5 Å². The second kappa shape index (κ2) is 6.66. The molecular formula is C14H18N4O3S3. The summed E-state index contributed by atoms with van der Waals surface area (Å²) in [5.74, 6) is 0.536. The molecule has 1 aromatic heterocycles. The van der Waals surface area contributed by atoms with Gasteiger partial charge in [0.25, 0.3) is 0 Å². The molecule has 1 aromatic rings. The standard InChI is InChI=1S/C14H18N4O3S3/c1-14(2,3)21-13(20)10-7(5-22-8-4-16-17-24-8)6-23-12-9(15)11(19)18(10)12/h4,9,12H,5-6,15H2,1-3H3/t9?,12-/m1/s1. The first-order valence-electron chi connectivity index (χ1n) is 7.34. The molecule has 0 spiro atoms. The van der Waals surface area contributed by atoms with Crippen molar-refractivity contribution in [1.29, 1.82) is 0 Å². The number of aromatic nitrogens is 2. The predicted octanol–water partition coefficient (Wildman–Crippen LogP) is 1.47. The Morgan fingerprint density at radius 3 is 2.92 bits per heavy atom. The minimum Gasteiger partial charge on any atom is -0.455 e. The van der Waals surface area contributed by atoms with Gasteiger partial charge in [-0.05, 0) is 37.9 Å². The number of fused-ring (bicyclic) bond motifs is 1. The van der Waals surface area contributed by atoms with Crippen molar-refractivity contribution in [2.45, 2.75) is 42.0 Å². The number of carbonyl (C=O) groups is 2. The highest BCUT2D eigenvalue weighted by molar-refractivity contribution is 8.01. The number of carbonyl (C=O) groups excluding carboxylic acids is 2. The molecule has 0 radical (unpaired) electrons. The van der Waals surface area contributed by atoms with Gasteiger partial charge in [-0.25, -0.2) is 4.79 Å². The average Bonchev–Trinajstić information content (AvgIpc) is 3.02. The van der Waals surface area contributed by atoms with Gasteiger partial charge in [0.2, 0.25) is 5.91 Å². The van der Waals surface area contributed by atoms with Crippen LogP contribution in [0.15, 0.2) is 21.7 Å². The molecule has 0 aromatic carbocycles. The summed E-state index contributed by atoms with van der Waals surface area (Å²) in [5, 5.41) is 3.62. The molecule has 1 amide bonds. The Labute approximate surface area is 152 Å². The van der Waals surface area contributed by atoms with E-state index in [1.165, 1.54) is 16.4 Å². The molecule has 0 aliphatic carbocycles. The van der Waals surface area contributed by atoms with Gasteiger partial charge < -0.3 is 10.5 Å². The number of hydrogen-bond donors (Lipinski definition) is 1. The SMILES string of the molecule is CC(C)(C)OC(=O)C1=C(CSc2cnns2)CS[C@@H]2C(N)C(=O)N12. The monoisotopic (exact) mass is 386 g/mol. The van der Waals surface area contributed by atoms with E-state index < -0.39 is 17.6 Å². The smallest absolute Gasteiger partial charge is 0.355 e. The molecule has 0 bridgehead atoms. The molecule has 2 aliphatic heterocycles. The largest absolute Gasteiger partial charge is 0.455 e. The van der Waals surface area contributed by atoms with Gasteiger partial charge in [0.15, 0.2) is 0 Å². The van der Waals surface area contributed by atoms with Gasteiger partial charge in [-0.3, -0.25) is 9.69 Å². The molecule has 2 atom stereocenters. The number of esters is 1. The molecule has 1 unspecified atom stereocenters. The molecule has 10 heteroatoms. The highest BCUT2D eigenvalue weighted by Gasteiger charge is 2.52. The maximum absolute atomic E-state index is 12.7. The third-order valence-corrected chi connectivity index (χ3v) is 6.69. The zero-order chi connectivity index (χ0) is 17.5. The molecule has 24 heavy (non-hydrogen) atoms. The van der Waals surface area contributed by atoms with E-state index in [-0.39, 0.29) is 11.3 Å². The normalized spacial score (nSPS) is 23.8. The molecule has 3 heterocycles. The van der Waals surface area contributed by atoms with E-state index in [0.29, 0.717) is 17.2 Å². The molecule has 0 saturated carbocycles. The van der Waals surface area contributed by atoms with Crippen LogP contribution in [-0.4, -0.2) is 54.9 Å². The lowest BCUT2D eigenvalue weighted by molar-refractivity contribution is -0.157. The first-order valence-corrected chi connectivity index (χ1v) is 10.1. The number of nitrogens with two attached hydrogens (primary N) is 1. The van der Waals surface area contributed by atoms with E-state index in [9.17, 15) is 9.59 Å². The van der Waals surface area contributed by atoms with Gasteiger partial charge in [-0.2, -0.15) is 0 Å². The van der Waals surface area contributed by atoms with Gasteiger partial charge in [0.05, 0.1) is 6.20 Å². The zero-order valence-corrected chi connectivity index (χ0v) is 16.0. The van der Waals surface area contributed by atoms with E-state index in [1.54, 1.807) is 29.7 Å². The second-order valence-corrected chi connectivity index (χ2v) is 9.58. The van der Waals surface area contributed by atoms with Gasteiger partial charge in [-0.15, -0.1) is 28.6 Å². The molecule has 2 aliphatic rings. The van der Waals surface area contributed by atoms with Crippen molar-refractivity contribution in [3.63, 3.8) is 0 Å². The number of thioether (sulfide) groups is 2. The summed E-state index contributed by atoms with van der Waals surface area (Å²) in [7, 11) is 0. The predicted molar refractivity (Wildman–Crippen MR) is 94.6 cm³/mol. The molecule has 3 rings (SSSR count). The Hall–Kier alpha value is -1.10. The maximum atomic E-state index is 12.7. The summed E-state index contributed by atoms with van der Waals surface area (Å²) in [6.45, 7) is 5.42. The number of rotatable bonds is 4. The van der Waals surface area contributed by atoms with Crippen LogP contribution in [-0.2, 0) is 14.3 Å². The first kappa shape index (κ1) is 17.7. The van der Waals surface area contributed by atoms with Gasteiger partial charge in [0.1, 0.15) is 26.9 Å². The lowest BCUT2D eigenvalue weighted by atomic mass is 10.0. The fourth-order valence-corrected chi connectivity index (χ4v) is 5.24. The molecule has 7 nitrogen and oxygen atoms in total. The highest BCUT2D eigenvalue weighted by Crippen LogP contribution is 2.41. The number of ether oxygens (including phenoxy) is 1. The van der Waals surface area contributed by atoms with E-state index in [0.717, 1.165) is 9.78 Å². The Balaban J connectivity index is 1.86. The summed E-state index contributed by atoms with van der Waals surface area (Å²) in [6.07, 6.45) is 1.69. The van der Waals surface area contributed by atoms with E-state index >= 15 is 0 Å². The third-order valence-electron chi connectivity index (χ3n) is 3.41. The third kappa shape index (κ3) is 3.46. The van der Waals surface area contributed by atoms with Crippen molar-refractivity contribution in [3.05, 3.63) is 17.5 Å². The first-order chi connectivity index (χ1) is 11.3. The van der Waals surface area contributed by atoms with Gasteiger partial charge in [-0.1, -0.05) is 4.49 Å². The number of amides is 1. The molecule has 130 valence electrons. The molecule has 2 N–H and O–H groups in total. The van der Waals surface area contributed by atoms with Crippen molar-refractivity contribution < 1.29 is 14.3 Å². The Morgan fingerprint density at radius 2 is 2.29 bits per heavy atom. The summed E-state index contributed by atoms with van der Waals surface area (Å²) in [4.78, 5) is 26.3. The Kier molecular flexibility index (Phi) is 4.92. The van der Waals surface area contributed by atoms with E-state index in [2.05, 4.69) is 9.59 Å². The lowest BCUT2D eigenvalue weighted by Crippen LogP contribution is -2.68. The van der Waals surface area contributed by atoms with Crippen LogP contribution in [0.5, 0.6) is 0 Å². The highest BCUT2D eigenvalue weighted by atomic mass is 32.2. The van der Waals surface area contributed by atoms with Crippen LogP contribution in [0, 0.1) is 0 Å². The van der Waals surface area contributed by atoms with Crippen LogP contribution in [0.3, 0.4) is 0 Å². The maximum Gasteiger partial charge on any atom is 0.355 e. The summed E-state index contributed by atoms with van der Waals surface area (Å²) in [5.41, 5.74) is 6.46. The minimum absolute atomic E-state index is 0.182. The van der Waals surface area contributed by atoms with Crippen molar-refractivity contribution in [2.24, 2.45) is 5.73 Å². The zero-order valence-electron chi connectivity index (χ0n) is 13.5. The Morgan fingerprint density at radius 1 is 1.54 bits per heavy atom. The molecule has 1 fully saturated rings. The van der Waals surface area contributed by atoms with Crippen molar-refractivity contribution >= 4 is 46.9 Å². The molecule has 1 saturated heterocycles. The van der Waals surface area contributed by atoms with Crippen LogP contribution < -0.4 is 5.73 Å². The summed E-state index contributed by atoms with van der Waals surface area (Å²) >= 11 is 4.43. The van der Waals surface area contributed by atoms with Crippen molar-refractivity contribution in [3.8, 4) is 0 Å². The van der Waals surface area contributed by atoms with Crippen LogP contribution in [0.25, 0.3) is 0 Å². The fraction of sp³-hybridized carbons (Fsp3) is 0.571. The van der Waals surface area contributed by atoms with E-state index in [1.807, 2.05) is 20.8 Å². The van der Waals surface area contributed by atoms with Gasteiger partial charge in [0, 0.05) is 11.5 Å². The fourth-order valence-electron chi connectivity index (χ4n) is 2.39. The van der Waals surface area contributed by atoms with Crippen LogP contribution >= 0.6 is 35.1 Å². The number of hydrogen-bond acceptors (Lipinski definition) is 9. The lowest BCUT2D eigenvalue weighted by Gasteiger charge is -2.48. The summed E-state index contributed by atoms with van der Waals surface area (Å²) < 4.78 is 10.3. The van der Waals surface area contributed by atoms with E-state index in [4.69, 9.17) is 10.5 Å². The topological polar surface area (TPSA) is 98.4 Å². The van der Waals surface area contributed by atoms with Crippen LogP contribution in [0.1, 0.15) is 20.8 Å². The molecular weight excluding hydrogens is 368 g/mol. The van der Waals surface area contributed by atoms with Crippen LogP contribution in [0.2, 0.25) is 0 Å². The quantitative estimate of drug-likeness (QED) is 0.472. The van der Waals surface area contributed by atoms with Crippen molar-refractivity contribution in [2.75, 3.05) is 11.5 Å².